The van der Waals surface area contributed by atoms with Gasteiger partial charge in [0, 0.05) is 25.2 Å². The zero-order valence-corrected chi connectivity index (χ0v) is 19.5. The van der Waals surface area contributed by atoms with Crippen LogP contribution in [0.25, 0.3) is 0 Å². The Hall–Kier alpha value is -3.05. The summed E-state index contributed by atoms with van der Waals surface area (Å²) in [5, 5.41) is 23.2. The van der Waals surface area contributed by atoms with Crippen molar-refractivity contribution in [2.75, 3.05) is 29.1 Å². The van der Waals surface area contributed by atoms with E-state index in [2.05, 4.69) is 27.3 Å². The predicted molar refractivity (Wildman–Crippen MR) is 126 cm³/mol. The summed E-state index contributed by atoms with van der Waals surface area (Å²) in [4.78, 5) is 25.2. The predicted octanol–water partition coefficient (Wildman–Crippen LogP) is 4.45. The molecule has 10 nitrogen and oxygen atoms in total. The van der Waals surface area contributed by atoms with Crippen LogP contribution in [-0.4, -0.2) is 44.4 Å². The van der Waals surface area contributed by atoms with Crippen LogP contribution in [0.5, 0.6) is 0 Å². The third-order valence-corrected chi connectivity index (χ3v) is 6.72. The largest absolute Gasteiger partial charge is 0.467 e. The van der Waals surface area contributed by atoms with E-state index in [9.17, 15) is 14.9 Å². The molecule has 0 atom stereocenters. The highest BCUT2D eigenvalue weighted by atomic mass is 35.5. The summed E-state index contributed by atoms with van der Waals surface area (Å²) in [6.45, 7) is 4.49. The normalized spacial score (nSPS) is 14.4. The maximum absolute atomic E-state index is 12.5. The van der Waals surface area contributed by atoms with Crippen molar-refractivity contribution in [3.05, 3.63) is 57.5 Å². The highest BCUT2D eigenvalue weighted by Crippen LogP contribution is 2.29. The number of nitro benzene ring substituents is 1. The van der Waals surface area contributed by atoms with Crippen molar-refractivity contribution < 1.29 is 14.1 Å². The summed E-state index contributed by atoms with van der Waals surface area (Å²) in [7, 11) is 0. The van der Waals surface area contributed by atoms with Crippen LogP contribution in [0, 0.1) is 16.0 Å². The highest BCUT2D eigenvalue weighted by Gasteiger charge is 2.24. The van der Waals surface area contributed by atoms with Gasteiger partial charge >= 0.3 is 0 Å². The molecule has 174 valence electrons. The molecule has 0 aliphatic carbocycles. The number of nitrogens with one attached hydrogen (secondary N) is 1. The molecule has 2 aromatic heterocycles. The van der Waals surface area contributed by atoms with Crippen LogP contribution in [0.15, 0.2) is 46.2 Å². The summed E-state index contributed by atoms with van der Waals surface area (Å²) in [5.74, 6) is 1.87. The zero-order chi connectivity index (χ0) is 23.4. The molecule has 33 heavy (non-hydrogen) atoms. The number of aromatic nitrogens is 3. The minimum atomic E-state index is -0.541. The average molecular weight is 491 g/mol. The molecule has 1 saturated heterocycles. The van der Waals surface area contributed by atoms with Gasteiger partial charge in [0.2, 0.25) is 11.9 Å². The zero-order valence-electron chi connectivity index (χ0n) is 17.9. The van der Waals surface area contributed by atoms with Crippen molar-refractivity contribution in [2.24, 2.45) is 5.92 Å². The topological polar surface area (TPSA) is 119 Å². The number of piperidine rings is 1. The summed E-state index contributed by atoms with van der Waals surface area (Å²) in [6.07, 6.45) is 3.79. The van der Waals surface area contributed by atoms with Gasteiger partial charge in [0.05, 0.1) is 34.2 Å². The molecule has 12 heteroatoms. The van der Waals surface area contributed by atoms with E-state index in [0.717, 1.165) is 37.6 Å². The van der Waals surface area contributed by atoms with Gasteiger partial charge in [-0.3, -0.25) is 19.5 Å². The Balaban J connectivity index is 1.47. The van der Waals surface area contributed by atoms with Crippen molar-refractivity contribution in [3.8, 4) is 0 Å². The molecule has 0 spiro atoms. The number of amides is 1. The van der Waals surface area contributed by atoms with Crippen molar-refractivity contribution in [1.82, 2.24) is 14.8 Å². The number of thioether (sulfide) groups is 1. The van der Waals surface area contributed by atoms with Crippen LogP contribution < -0.4 is 10.2 Å². The van der Waals surface area contributed by atoms with Gasteiger partial charge in [-0.15, -0.1) is 10.2 Å². The molecular formula is C21H23ClN6O4S. The van der Waals surface area contributed by atoms with Gasteiger partial charge in [0.1, 0.15) is 5.76 Å². The van der Waals surface area contributed by atoms with Crippen molar-refractivity contribution in [3.63, 3.8) is 0 Å². The number of halogens is 1. The lowest BCUT2D eigenvalue weighted by Gasteiger charge is -2.31. The SMILES string of the molecule is CC1CCN(c2nnc(SCC(=O)Nc3cc([N+](=O)[O-])ccc3Cl)n2Cc2ccco2)CC1. The molecule has 1 amide bonds. The number of carbonyl (C=O) groups excluding carboxylic acids is 1. The third kappa shape index (κ3) is 5.66. The number of hydrogen-bond acceptors (Lipinski definition) is 8. The molecule has 0 radical (unpaired) electrons. The number of nitro groups is 1. The van der Waals surface area contributed by atoms with Crippen molar-refractivity contribution in [2.45, 2.75) is 31.5 Å². The second kappa shape index (κ2) is 10.3. The molecule has 3 heterocycles. The number of non-ortho nitro benzene ring substituents is 1. The Kier molecular flexibility index (Phi) is 7.19. The van der Waals surface area contributed by atoms with Crippen LogP contribution >= 0.6 is 23.4 Å². The van der Waals surface area contributed by atoms with Gasteiger partial charge < -0.3 is 14.6 Å². The molecule has 0 saturated carbocycles. The molecule has 4 rings (SSSR count). The van der Waals surface area contributed by atoms with E-state index in [1.165, 1.54) is 30.0 Å². The van der Waals surface area contributed by atoms with E-state index in [1.54, 1.807) is 6.26 Å². The van der Waals surface area contributed by atoms with E-state index in [0.29, 0.717) is 17.6 Å². The maximum atomic E-state index is 12.5. The number of rotatable bonds is 8. The second-order valence-corrected chi connectivity index (χ2v) is 9.23. The van der Waals surface area contributed by atoms with E-state index >= 15 is 0 Å². The summed E-state index contributed by atoms with van der Waals surface area (Å²) < 4.78 is 7.47. The average Bonchev–Trinajstić information content (AvgIpc) is 3.45. The first-order chi connectivity index (χ1) is 15.9. The van der Waals surface area contributed by atoms with Crippen LogP contribution in [0.2, 0.25) is 5.02 Å². The number of furan rings is 1. The third-order valence-electron chi connectivity index (χ3n) is 5.43. The van der Waals surface area contributed by atoms with Gasteiger partial charge in [0.15, 0.2) is 5.16 Å². The van der Waals surface area contributed by atoms with Gasteiger partial charge in [-0.1, -0.05) is 30.3 Å². The standard InChI is InChI=1S/C21H23ClN6O4S/c1-14-6-8-26(9-7-14)20-24-25-21(27(20)12-16-3-2-10-32-16)33-13-19(29)23-18-11-15(28(30)31)4-5-17(18)22/h2-5,10-11,14H,6-9,12-13H2,1H3,(H,23,29). The quantitative estimate of drug-likeness (QED) is 0.279. The van der Waals surface area contributed by atoms with Crippen LogP contribution in [0.3, 0.4) is 0 Å². The number of carbonyl (C=O) groups is 1. The monoisotopic (exact) mass is 490 g/mol. The van der Waals surface area contributed by atoms with E-state index in [4.69, 9.17) is 16.0 Å². The molecule has 0 unspecified atom stereocenters. The van der Waals surface area contributed by atoms with E-state index in [-0.39, 0.29) is 28.1 Å². The number of anilines is 2. The summed E-state index contributed by atoms with van der Waals surface area (Å²) >= 11 is 7.31. The lowest BCUT2D eigenvalue weighted by molar-refractivity contribution is -0.384. The van der Waals surface area contributed by atoms with Gasteiger partial charge in [0.25, 0.3) is 5.69 Å². The maximum Gasteiger partial charge on any atom is 0.271 e. The molecule has 1 fully saturated rings. The smallest absolute Gasteiger partial charge is 0.271 e. The Morgan fingerprint density at radius 2 is 2.12 bits per heavy atom. The number of nitrogens with zero attached hydrogens (tertiary/aromatic N) is 5. The molecule has 1 aliphatic heterocycles. The van der Waals surface area contributed by atoms with Gasteiger partial charge in [-0.05, 0) is 37.0 Å². The molecular weight excluding hydrogens is 468 g/mol. The van der Waals surface area contributed by atoms with Gasteiger partial charge in [-0.25, -0.2) is 0 Å². The second-order valence-electron chi connectivity index (χ2n) is 7.88. The lowest BCUT2D eigenvalue weighted by atomic mass is 10.00. The fourth-order valence-electron chi connectivity index (χ4n) is 3.57. The Morgan fingerprint density at radius 3 is 2.82 bits per heavy atom. The van der Waals surface area contributed by atoms with Crippen molar-refractivity contribution in [1.29, 1.82) is 0 Å². The van der Waals surface area contributed by atoms with Crippen LogP contribution in [-0.2, 0) is 11.3 Å². The van der Waals surface area contributed by atoms with E-state index < -0.39 is 4.92 Å². The molecule has 0 bridgehead atoms. The molecule has 1 aromatic carbocycles. The lowest BCUT2D eigenvalue weighted by Crippen LogP contribution is -2.35. The number of hydrogen-bond donors (Lipinski definition) is 1. The Bertz CT molecular complexity index is 1130. The van der Waals surface area contributed by atoms with Crippen LogP contribution in [0.4, 0.5) is 17.3 Å². The molecule has 1 aliphatic rings. The first kappa shape index (κ1) is 23.1. The summed E-state index contributed by atoms with van der Waals surface area (Å²) in [6, 6.07) is 7.61. The summed E-state index contributed by atoms with van der Waals surface area (Å²) in [5.41, 5.74) is 0.0395. The fourth-order valence-corrected chi connectivity index (χ4v) is 4.46. The first-order valence-corrected chi connectivity index (χ1v) is 11.8. The van der Waals surface area contributed by atoms with Gasteiger partial charge in [-0.2, -0.15) is 0 Å². The first-order valence-electron chi connectivity index (χ1n) is 10.5. The van der Waals surface area contributed by atoms with Crippen molar-refractivity contribution >= 4 is 46.6 Å². The molecule has 3 aromatic rings. The highest BCUT2D eigenvalue weighted by molar-refractivity contribution is 7.99. The number of benzene rings is 1. The minimum Gasteiger partial charge on any atom is -0.467 e. The Morgan fingerprint density at radius 1 is 1.33 bits per heavy atom. The van der Waals surface area contributed by atoms with E-state index in [1.807, 2.05) is 16.7 Å². The Labute approximate surface area is 199 Å². The fraction of sp³-hybridized carbons (Fsp3) is 0.381. The van der Waals surface area contributed by atoms with Crippen LogP contribution in [0.1, 0.15) is 25.5 Å². The minimum absolute atomic E-state index is 0.0341. The molecule has 1 N–H and O–H groups in total.